The van der Waals surface area contributed by atoms with Crippen molar-refractivity contribution in [2.75, 3.05) is 16.8 Å². The maximum atomic E-state index is 6.05. The molecule has 6 heteroatoms. The third kappa shape index (κ3) is 3.49. The lowest BCUT2D eigenvalue weighted by Crippen LogP contribution is -2.60. The summed E-state index contributed by atoms with van der Waals surface area (Å²) in [4.78, 5) is 7.05. The molecule has 4 nitrogen and oxygen atoms in total. The van der Waals surface area contributed by atoms with Gasteiger partial charge in [0.1, 0.15) is 11.4 Å². The Labute approximate surface area is 180 Å². The molecule has 1 spiro atoms. The van der Waals surface area contributed by atoms with Crippen LogP contribution >= 0.6 is 28.1 Å². The first kappa shape index (κ1) is 19.6. The van der Waals surface area contributed by atoms with Gasteiger partial charge in [0.25, 0.3) is 0 Å². The number of para-hydroxylation sites is 1. The fourth-order valence-electron chi connectivity index (χ4n) is 4.20. The zero-order valence-electron chi connectivity index (χ0n) is 16.3. The van der Waals surface area contributed by atoms with Crippen LogP contribution < -0.4 is 10.2 Å². The first-order valence-corrected chi connectivity index (χ1v) is 10.7. The molecule has 1 unspecified atom stereocenters. The molecule has 0 bridgehead atoms. The fourth-order valence-corrected chi connectivity index (χ4v) is 4.84. The van der Waals surface area contributed by atoms with Crippen molar-refractivity contribution in [2.45, 2.75) is 44.8 Å². The van der Waals surface area contributed by atoms with Crippen molar-refractivity contribution < 1.29 is 4.74 Å². The van der Waals surface area contributed by atoms with Crippen LogP contribution in [0.1, 0.15) is 32.3 Å². The molecule has 2 heterocycles. The molecule has 1 saturated heterocycles. The van der Waals surface area contributed by atoms with Gasteiger partial charge in [0.15, 0.2) is 0 Å². The summed E-state index contributed by atoms with van der Waals surface area (Å²) in [5.74, 6) is 0.908. The number of benzene rings is 2. The van der Waals surface area contributed by atoms with Gasteiger partial charge in [-0.05, 0) is 68.9 Å². The molecule has 0 aromatic heterocycles. The van der Waals surface area contributed by atoms with E-state index in [0.717, 1.165) is 34.5 Å². The zero-order chi connectivity index (χ0) is 19.9. The number of aliphatic imine (C=N–C) groups is 1. The molecule has 1 fully saturated rings. The largest absolute Gasteiger partial charge is 0.375 e. The molecule has 0 aliphatic carbocycles. The van der Waals surface area contributed by atoms with E-state index in [4.69, 9.17) is 21.9 Å². The van der Waals surface area contributed by atoms with Crippen LogP contribution in [0.25, 0.3) is 0 Å². The van der Waals surface area contributed by atoms with Crippen molar-refractivity contribution in [3.05, 3.63) is 58.6 Å². The highest BCUT2D eigenvalue weighted by Gasteiger charge is 2.53. The number of ether oxygens (including phenoxy) is 1. The summed E-state index contributed by atoms with van der Waals surface area (Å²) >= 11 is 9.28. The number of hydrogen-bond acceptors (Lipinski definition) is 3. The Balaban J connectivity index is 1.79. The van der Waals surface area contributed by atoms with Gasteiger partial charge in [-0.2, -0.15) is 0 Å². The number of thiocarbonyl (C=S) groups is 1. The van der Waals surface area contributed by atoms with E-state index in [2.05, 4.69) is 71.2 Å². The Hall–Kier alpha value is -1.76. The minimum Gasteiger partial charge on any atom is -0.375 e. The number of nitrogens with zero attached hydrogens (tertiary/aromatic N) is 2. The van der Waals surface area contributed by atoms with Crippen LogP contribution in [0.2, 0.25) is 0 Å². The monoisotopic (exact) mass is 457 g/mol. The van der Waals surface area contributed by atoms with E-state index < -0.39 is 0 Å². The molecular formula is C22H24BrN3OS. The van der Waals surface area contributed by atoms with Crippen molar-refractivity contribution >= 4 is 50.5 Å². The van der Waals surface area contributed by atoms with E-state index in [1.54, 1.807) is 0 Å². The van der Waals surface area contributed by atoms with Gasteiger partial charge in [-0.25, -0.2) is 4.99 Å². The van der Waals surface area contributed by atoms with Gasteiger partial charge in [-0.1, -0.05) is 34.1 Å². The van der Waals surface area contributed by atoms with Gasteiger partial charge in [0.05, 0.1) is 5.60 Å². The Morgan fingerprint density at radius 1 is 1.14 bits per heavy atom. The highest BCUT2D eigenvalue weighted by atomic mass is 79.9. The van der Waals surface area contributed by atoms with E-state index in [1.165, 1.54) is 5.56 Å². The Bertz CT molecular complexity index is 941. The van der Waals surface area contributed by atoms with Gasteiger partial charge >= 0.3 is 0 Å². The van der Waals surface area contributed by atoms with Crippen LogP contribution in [-0.2, 0) is 4.74 Å². The predicted molar refractivity (Wildman–Crippen MR) is 123 cm³/mol. The third-order valence-corrected chi connectivity index (χ3v) is 6.28. The summed E-state index contributed by atoms with van der Waals surface area (Å²) in [7, 11) is 0. The normalized spacial score (nSPS) is 23.8. The van der Waals surface area contributed by atoms with Gasteiger partial charge < -0.3 is 15.0 Å². The smallest absolute Gasteiger partial charge is 0.202 e. The van der Waals surface area contributed by atoms with Gasteiger partial charge in [-0.3, -0.25) is 0 Å². The summed E-state index contributed by atoms with van der Waals surface area (Å²) in [5.41, 5.74) is 2.68. The van der Waals surface area contributed by atoms with E-state index in [1.807, 2.05) is 24.3 Å². The van der Waals surface area contributed by atoms with Crippen LogP contribution in [0.3, 0.4) is 0 Å². The maximum absolute atomic E-state index is 6.05. The number of amidine groups is 1. The van der Waals surface area contributed by atoms with Crippen molar-refractivity contribution in [2.24, 2.45) is 4.99 Å². The van der Waals surface area contributed by atoms with Gasteiger partial charge in [0.2, 0.25) is 5.11 Å². The molecule has 1 N–H and O–H groups in total. The Morgan fingerprint density at radius 3 is 2.54 bits per heavy atom. The molecule has 2 aromatic rings. The fraction of sp³-hybridized carbons (Fsp3) is 0.364. The molecule has 0 amide bonds. The lowest BCUT2D eigenvalue weighted by Gasteiger charge is -2.48. The molecule has 4 rings (SSSR count). The Kier molecular flexibility index (Phi) is 5.06. The molecule has 2 aromatic carbocycles. The average Bonchev–Trinajstić information content (AvgIpc) is 2.88. The quantitative estimate of drug-likeness (QED) is 0.586. The van der Waals surface area contributed by atoms with Crippen LogP contribution in [-0.4, -0.2) is 28.7 Å². The second-order valence-corrected chi connectivity index (χ2v) is 9.34. The molecule has 2 aliphatic heterocycles. The summed E-state index contributed by atoms with van der Waals surface area (Å²) < 4.78 is 7.10. The molecular weight excluding hydrogens is 434 g/mol. The topological polar surface area (TPSA) is 36.9 Å². The highest BCUT2D eigenvalue weighted by Crippen LogP contribution is 2.44. The highest BCUT2D eigenvalue weighted by molar-refractivity contribution is 9.10. The summed E-state index contributed by atoms with van der Waals surface area (Å²) in [6, 6.07) is 16.5. The lowest BCUT2D eigenvalue weighted by molar-refractivity contribution is -0.0661. The molecule has 1 atom stereocenters. The SMILES string of the molecule is Cc1ccccc1NC1=NC(=S)N(c2ccc(Br)cc2)C12CCOC(C)(C)C2. The molecule has 28 heavy (non-hydrogen) atoms. The maximum Gasteiger partial charge on any atom is 0.202 e. The molecule has 2 aliphatic rings. The number of aryl methyl sites for hydroxylation is 1. The summed E-state index contributed by atoms with van der Waals surface area (Å²) in [6.07, 6.45) is 1.62. The minimum absolute atomic E-state index is 0.264. The average molecular weight is 458 g/mol. The number of halogens is 1. The predicted octanol–water partition coefficient (Wildman–Crippen LogP) is 5.70. The summed E-state index contributed by atoms with van der Waals surface area (Å²) in [6.45, 7) is 7.04. The van der Waals surface area contributed by atoms with Crippen LogP contribution in [0.4, 0.5) is 11.4 Å². The molecule has 0 radical (unpaired) electrons. The Morgan fingerprint density at radius 2 is 1.86 bits per heavy atom. The van der Waals surface area contributed by atoms with Gasteiger partial charge in [-0.15, -0.1) is 0 Å². The number of nitrogens with one attached hydrogen (secondary N) is 1. The van der Waals surface area contributed by atoms with Gasteiger partial charge in [0, 0.05) is 35.3 Å². The van der Waals surface area contributed by atoms with E-state index in [9.17, 15) is 0 Å². The van der Waals surface area contributed by atoms with E-state index in [0.29, 0.717) is 11.7 Å². The second kappa shape index (κ2) is 7.25. The number of hydrogen-bond donors (Lipinski definition) is 1. The molecule has 146 valence electrons. The lowest BCUT2D eigenvalue weighted by atomic mass is 9.79. The van der Waals surface area contributed by atoms with Crippen molar-refractivity contribution in [1.82, 2.24) is 0 Å². The van der Waals surface area contributed by atoms with Crippen LogP contribution in [0, 0.1) is 6.92 Å². The standard InChI is InChI=1S/C22H24BrN3OS/c1-15-6-4-5-7-18(15)24-19-22(12-13-27-21(2,3)14-22)26(20(28)25-19)17-10-8-16(23)9-11-17/h4-11H,12-14H2,1-3H3,(H,24,25,28). The van der Waals surface area contributed by atoms with Crippen molar-refractivity contribution in [3.8, 4) is 0 Å². The van der Waals surface area contributed by atoms with Crippen molar-refractivity contribution in [1.29, 1.82) is 0 Å². The van der Waals surface area contributed by atoms with Crippen molar-refractivity contribution in [3.63, 3.8) is 0 Å². The zero-order valence-corrected chi connectivity index (χ0v) is 18.7. The number of anilines is 2. The second-order valence-electron chi connectivity index (χ2n) is 8.06. The first-order valence-electron chi connectivity index (χ1n) is 9.46. The first-order chi connectivity index (χ1) is 13.3. The third-order valence-electron chi connectivity index (χ3n) is 5.48. The van der Waals surface area contributed by atoms with Crippen LogP contribution in [0.5, 0.6) is 0 Å². The summed E-state index contributed by atoms with van der Waals surface area (Å²) in [5, 5.41) is 4.20. The van der Waals surface area contributed by atoms with E-state index in [-0.39, 0.29) is 11.1 Å². The van der Waals surface area contributed by atoms with Crippen LogP contribution in [0.15, 0.2) is 58.0 Å². The number of rotatable bonds is 2. The molecule has 0 saturated carbocycles. The minimum atomic E-state index is -0.352. The van der Waals surface area contributed by atoms with E-state index >= 15 is 0 Å².